The molecule has 1 fully saturated rings. The SMILES string of the molecule is COc1cc(-c2cn(C)c(=O)c3cnccc23)cc(OC)c1CN1CCNCC1. The van der Waals surface area contributed by atoms with Crippen molar-refractivity contribution in [3.63, 3.8) is 0 Å². The number of aromatic nitrogens is 2. The Morgan fingerprint density at radius 3 is 2.45 bits per heavy atom. The van der Waals surface area contributed by atoms with Crippen molar-refractivity contribution in [2.75, 3.05) is 40.4 Å². The van der Waals surface area contributed by atoms with Gasteiger partial charge in [0.15, 0.2) is 0 Å². The molecule has 0 radical (unpaired) electrons. The van der Waals surface area contributed by atoms with Crippen molar-refractivity contribution in [2.45, 2.75) is 6.54 Å². The van der Waals surface area contributed by atoms with Crippen LogP contribution in [0.3, 0.4) is 0 Å². The van der Waals surface area contributed by atoms with E-state index in [0.717, 1.165) is 66.3 Å². The fraction of sp³-hybridized carbons (Fsp3) is 0.364. The van der Waals surface area contributed by atoms with Gasteiger partial charge in [-0.25, -0.2) is 0 Å². The minimum Gasteiger partial charge on any atom is -0.496 e. The van der Waals surface area contributed by atoms with E-state index in [1.807, 2.05) is 24.4 Å². The molecule has 1 aliphatic heterocycles. The Balaban J connectivity index is 1.85. The number of hydrogen-bond acceptors (Lipinski definition) is 6. The lowest BCUT2D eigenvalue weighted by molar-refractivity contribution is 0.226. The first-order chi connectivity index (χ1) is 14.1. The van der Waals surface area contributed by atoms with Gasteiger partial charge in [-0.1, -0.05) is 0 Å². The van der Waals surface area contributed by atoms with Gasteiger partial charge in [-0.3, -0.25) is 14.7 Å². The Morgan fingerprint density at radius 1 is 1.10 bits per heavy atom. The van der Waals surface area contributed by atoms with Gasteiger partial charge in [0.2, 0.25) is 0 Å². The maximum atomic E-state index is 12.5. The summed E-state index contributed by atoms with van der Waals surface area (Å²) in [5.74, 6) is 1.57. The molecule has 7 nitrogen and oxygen atoms in total. The van der Waals surface area contributed by atoms with E-state index in [4.69, 9.17) is 9.47 Å². The van der Waals surface area contributed by atoms with Crippen LogP contribution in [0.4, 0.5) is 0 Å². The van der Waals surface area contributed by atoms with Crippen LogP contribution in [0.1, 0.15) is 5.56 Å². The molecule has 152 valence electrons. The lowest BCUT2D eigenvalue weighted by Gasteiger charge is -2.28. The molecular weight excluding hydrogens is 368 g/mol. The molecule has 7 heteroatoms. The Bertz CT molecular complexity index is 1060. The Morgan fingerprint density at radius 2 is 1.79 bits per heavy atom. The molecule has 1 N–H and O–H groups in total. The molecule has 0 aliphatic carbocycles. The summed E-state index contributed by atoms with van der Waals surface area (Å²) in [6, 6.07) is 5.93. The van der Waals surface area contributed by atoms with Crippen LogP contribution in [0, 0.1) is 0 Å². The van der Waals surface area contributed by atoms with Gasteiger partial charge in [0.05, 0.1) is 25.2 Å². The van der Waals surface area contributed by atoms with Crippen LogP contribution in [-0.4, -0.2) is 54.8 Å². The van der Waals surface area contributed by atoms with E-state index in [9.17, 15) is 4.79 Å². The molecule has 0 spiro atoms. The highest BCUT2D eigenvalue weighted by Gasteiger charge is 2.19. The van der Waals surface area contributed by atoms with Gasteiger partial charge < -0.3 is 19.4 Å². The van der Waals surface area contributed by atoms with E-state index in [2.05, 4.69) is 15.2 Å². The molecule has 29 heavy (non-hydrogen) atoms. The third kappa shape index (κ3) is 3.71. The first-order valence-corrected chi connectivity index (χ1v) is 9.74. The third-order valence-corrected chi connectivity index (χ3v) is 5.49. The van der Waals surface area contributed by atoms with Crippen molar-refractivity contribution >= 4 is 10.8 Å². The van der Waals surface area contributed by atoms with Crippen LogP contribution in [0.5, 0.6) is 11.5 Å². The summed E-state index contributed by atoms with van der Waals surface area (Å²) in [5, 5.41) is 4.83. The normalized spacial score (nSPS) is 14.9. The van der Waals surface area contributed by atoms with Crippen LogP contribution in [0.15, 0.2) is 41.6 Å². The van der Waals surface area contributed by atoms with Crippen molar-refractivity contribution in [3.05, 3.63) is 52.7 Å². The average molecular weight is 394 g/mol. The van der Waals surface area contributed by atoms with Crippen molar-refractivity contribution in [2.24, 2.45) is 7.05 Å². The first-order valence-electron chi connectivity index (χ1n) is 9.74. The molecule has 1 aromatic carbocycles. The molecule has 1 aliphatic rings. The summed E-state index contributed by atoms with van der Waals surface area (Å²) >= 11 is 0. The molecule has 0 amide bonds. The smallest absolute Gasteiger partial charge is 0.259 e. The van der Waals surface area contributed by atoms with Gasteiger partial charge in [-0.2, -0.15) is 0 Å². The lowest BCUT2D eigenvalue weighted by Crippen LogP contribution is -2.43. The minimum absolute atomic E-state index is 0.0638. The number of ether oxygens (including phenoxy) is 2. The fourth-order valence-electron chi connectivity index (χ4n) is 3.93. The van der Waals surface area contributed by atoms with Crippen LogP contribution in [0.2, 0.25) is 0 Å². The second-order valence-electron chi connectivity index (χ2n) is 7.27. The van der Waals surface area contributed by atoms with E-state index in [0.29, 0.717) is 5.39 Å². The van der Waals surface area contributed by atoms with E-state index < -0.39 is 0 Å². The molecule has 3 heterocycles. The number of rotatable bonds is 5. The zero-order valence-electron chi connectivity index (χ0n) is 17.1. The Kier molecular flexibility index (Phi) is 5.51. The average Bonchev–Trinajstić information content (AvgIpc) is 2.77. The highest BCUT2D eigenvalue weighted by atomic mass is 16.5. The van der Waals surface area contributed by atoms with Crippen molar-refractivity contribution in [1.29, 1.82) is 0 Å². The molecule has 4 rings (SSSR count). The number of piperazine rings is 1. The highest BCUT2D eigenvalue weighted by molar-refractivity contribution is 5.95. The topological polar surface area (TPSA) is 68.6 Å². The molecule has 2 aromatic heterocycles. The van der Waals surface area contributed by atoms with Gasteiger partial charge in [0, 0.05) is 63.9 Å². The molecule has 0 unspecified atom stereocenters. The second kappa shape index (κ2) is 8.23. The number of nitrogens with zero attached hydrogens (tertiary/aromatic N) is 3. The largest absolute Gasteiger partial charge is 0.496 e. The summed E-state index contributed by atoms with van der Waals surface area (Å²) in [4.78, 5) is 19.0. The first kappa shape index (κ1) is 19.4. The summed E-state index contributed by atoms with van der Waals surface area (Å²) in [5.41, 5.74) is 2.85. The number of pyridine rings is 2. The summed E-state index contributed by atoms with van der Waals surface area (Å²) in [7, 11) is 5.12. The van der Waals surface area contributed by atoms with E-state index >= 15 is 0 Å². The van der Waals surface area contributed by atoms with Crippen molar-refractivity contribution < 1.29 is 9.47 Å². The maximum Gasteiger partial charge on any atom is 0.259 e. The number of hydrogen-bond donors (Lipinski definition) is 1. The molecular formula is C22H26N4O3. The van der Waals surface area contributed by atoms with Crippen LogP contribution in [-0.2, 0) is 13.6 Å². The number of fused-ring (bicyclic) bond motifs is 1. The Labute approximate surface area is 169 Å². The van der Waals surface area contributed by atoms with Gasteiger partial charge in [-0.15, -0.1) is 0 Å². The van der Waals surface area contributed by atoms with Gasteiger partial charge in [-0.05, 0) is 29.1 Å². The van der Waals surface area contributed by atoms with Gasteiger partial charge >= 0.3 is 0 Å². The number of nitrogens with one attached hydrogen (secondary N) is 1. The minimum atomic E-state index is -0.0638. The number of aryl methyl sites for hydroxylation is 1. The fourth-order valence-corrected chi connectivity index (χ4v) is 3.93. The van der Waals surface area contributed by atoms with E-state index in [-0.39, 0.29) is 5.56 Å². The zero-order valence-corrected chi connectivity index (χ0v) is 17.1. The molecule has 0 atom stereocenters. The van der Waals surface area contributed by atoms with Crippen LogP contribution < -0.4 is 20.3 Å². The van der Waals surface area contributed by atoms with Crippen molar-refractivity contribution in [1.82, 2.24) is 19.8 Å². The summed E-state index contributed by atoms with van der Waals surface area (Å²) in [6.07, 6.45) is 5.18. The maximum absolute atomic E-state index is 12.5. The second-order valence-corrected chi connectivity index (χ2v) is 7.27. The third-order valence-electron chi connectivity index (χ3n) is 5.49. The summed E-state index contributed by atoms with van der Waals surface area (Å²) < 4.78 is 13.1. The quantitative estimate of drug-likeness (QED) is 0.714. The monoisotopic (exact) mass is 394 g/mol. The van der Waals surface area contributed by atoms with E-state index in [1.54, 1.807) is 38.2 Å². The van der Waals surface area contributed by atoms with Gasteiger partial charge in [0.1, 0.15) is 11.5 Å². The predicted molar refractivity (Wildman–Crippen MR) is 114 cm³/mol. The van der Waals surface area contributed by atoms with E-state index in [1.165, 1.54) is 0 Å². The predicted octanol–water partition coefficient (Wildman–Crippen LogP) is 2.02. The number of methoxy groups -OCH3 is 2. The lowest BCUT2D eigenvalue weighted by atomic mass is 9.99. The molecule has 1 saturated heterocycles. The molecule has 3 aromatic rings. The number of benzene rings is 1. The zero-order chi connectivity index (χ0) is 20.4. The van der Waals surface area contributed by atoms with Crippen LogP contribution in [0.25, 0.3) is 21.9 Å². The Hall–Kier alpha value is -2.90. The standard InChI is InChI=1S/C22H26N4O3/c1-25-13-18(16-4-5-24-12-17(16)22(25)27)15-10-20(28-2)19(21(11-15)29-3)14-26-8-6-23-7-9-26/h4-5,10-13,23H,6-9,14H2,1-3H3. The van der Waals surface area contributed by atoms with Crippen LogP contribution >= 0.6 is 0 Å². The van der Waals surface area contributed by atoms with Crippen molar-refractivity contribution in [3.8, 4) is 22.6 Å². The summed E-state index contributed by atoms with van der Waals surface area (Å²) in [6.45, 7) is 4.73. The molecule has 0 saturated carbocycles. The van der Waals surface area contributed by atoms with Gasteiger partial charge in [0.25, 0.3) is 5.56 Å². The highest BCUT2D eigenvalue weighted by Crippen LogP contribution is 2.37. The molecule has 0 bridgehead atoms.